The van der Waals surface area contributed by atoms with Crippen LogP contribution in [0, 0.1) is 5.82 Å². The summed E-state index contributed by atoms with van der Waals surface area (Å²) >= 11 is 0. The van der Waals surface area contributed by atoms with Gasteiger partial charge >= 0.3 is 6.03 Å². The first kappa shape index (κ1) is 20.9. The van der Waals surface area contributed by atoms with Crippen molar-refractivity contribution < 1.29 is 18.8 Å². The first-order valence-electron chi connectivity index (χ1n) is 8.84. The van der Waals surface area contributed by atoms with Gasteiger partial charge in [0, 0.05) is 35.9 Å². The Balaban J connectivity index is 1.87. The number of amides is 4. The lowest BCUT2D eigenvalue weighted by Gasteiger charge is -2.11. The van der Waals surface area contributed by atoms with Crippen molar-refractivity contribution in [3.05, 3.63) is 59.9 Å². The zero-order chi connectivity index (χ0) is 20.5. The Morgan fingerprint density at radius 1 is 0.964 bits per heavy atom. The normalized spacial score (nSPS) is 10.3. The summed E-state index contributed by atoms with van der Waals surface area (Å²) in [5.74, 6) is -1.03. The van der Waals surface area contributed by atoms with E-state index in [9.17, 15) is 18.8 Å². The lowest BCUT2D eigenvalue weighted by atomic mass is 10.2. The summed E-state index contributed by atoms with van der Waals surface area (Å²) in [6.07, 6.45) is 0.168. The maximum absolute atomic E-state index is 13.2. The van der Waals surface area contributed by atoms with Gasteiger partial charge in [0.1, 0.15) is 5.82 Å². The van der Waals surface area contributed by atoms with Crippen LogP contribution in [0.15, 0.2) is 48.5 Å². The van der Waals surface area contributed by atoms with Crippen molar-refractivity contribution in [1.29, 1.82) is 0 Å². The molecule has 0 saturated carbocycles. The zero-order valence-electron chi connectivity index (χ0n) is 15.7. The average Bonchev–Trinajstić information content (AvgIpc) is 2.61. The largest absolute Gasteiger partial charge is 0.354 e. The fourth-order valence-corrected chi connectivity index (χ4v) is 2.37. The van der Waals surface area contributed by atoms with E-state index in [0.29, 0.717) is 16.9 Å². The highest BCUT2D eigenvalue weighted by Gasteiger charge is 2.09. The van der Waals surface area contributed by atoms with E-state index in [1.54, 1.807) is 24.3 Å². The van der Waals surface area contributed by atoms with E-state index < -0.39 is 17.8 Å². The number of rotatable bonds is 7. The van der Waals surface area contributed by atoms with Gasteiger partial charge in [0.25, 0.3) is 5.91 Å². The number of halogens is 1. The Labute approximate surface area is 162 Å². The van der Waals surface area contributed by atoms with Crippen LogP contribution >= 0.6 is 0 Å². The van der Waals surface area contributed by atoms with E-state index in [1.807, 2.05) is 13.8 Å². The van der Waals surface area contributed by atoms with Crippen molar-refractivity contribution in [2.24, 2.45) is 0 Å². The molecule has 0 saturated heterocycles. The van der Waals surface area contributed by atoms with Gasteiger partial charge in [0.15, 0.2) is 0 Å². The summed E-state index contributed by atoms with van der Waals surface area (Å²) in [5, 5.41) is 10.5. The predicted octanol–water partition coefficient (Wildman–Crippen LogP) is 3.11. The first-order valence-corrected chi connectivity index (χ1v) is 8.84. The summed E-state index contributed by atoms with van der Waals surface area (Å²) in [4.78, 5) is 35.8. The van der Waals surface area contributed by atoms with Crippen LogP contribution < -0.4 is 21.3 Å². The molecule has 2 aromatic carbocycles. The third-order valence-corrected chi connectivity index (χ3v) is 3.55. The highest BCUT2D eigenvalue weighted by Crippen LogP contribution is 2.14. The van der Waals surface area contributed by atoms with Gasteiger partial charge in [-0.3, -0.25) is 9.59 Å². The third-order valence-electron chi connectivity index (χ3n) is 3.55. The van der Waals surface area contributed by atoms with Crippen molar-refractivity contribution in [3.63, 3.8) is 0 Å². The van der Waals surface area contributed by atoms with Crippen molar-refractivity contribution in [3.8, 4) is 0 Å². The summed E-state index contributed by atoms with van der Waals surface area (Å²) in [7, 11) is 0. The number of urea groups is 1. The molecule has 0 unspecified atom stereocenters. The Morgan fingerprint density at radius 3 is 2.32 bits per heavy atom. The summed E-state index contributed by atoms with van der Waals surface area (Å²) in [5.41, 5.74) is 1.05. The third kappa shape index (κ3) is 7.06. The SMILES string of the molecule is CC(C)NC(=O)CCNC(=O)Nc1cccc(C(=O)Nc2cccc(F)c2)c1. The number of carbonyl (C=O) groups excluding carboxylic acids is 3. The topological polar surface area (TPSA) is 99.3 Å². The Morgan fingerprint density at radius 2 is 1.64 bits per heavy atom. The minimum atomic E-state index is -0.486. The molecule has 0 aromatic heterocycles. The molecule has 2 rings (SSSR count). The van der Waals surface area contributed by atoms with E-state index in [1.165, 1.54) is 24.3 Å². The smallest absolute Gasteiger partial charge is 0.319 e. The fraction of sp³-hybridized carbons (Fsp3) is 0.250. The van der Waals surface area contributed by atoms with Gasteiger partial charge in [0.05, 0.1) is 0 Å². The molecule has 0 aliphatic rings. The molecule has 7 nitrogen and oxygen atoms in total. The molecule has 4 N–H and O–H groups in total. The number of nitrogens with one attached hydrogen (secondary N) is 4. The van der Waals surface area contributed by atoms with Crippen LogP contribution in [0.25, 0.3) is 0 Å². The van der Waals surface area contributed by atoms with Crippen LogP contribution in [0.2, 0.25) is 0 Å². The quantitative estimate of drug-likeness (QED) is 0.588. The highest BCUT2D eigenvalue weighted by atomic mass is 19.1. The van der Waals surface area contributed by atoms with Gasteiger partial charge in [-0.1, -0.05) is 12.1 Å². The molecule has 0 fully saturated rings. The predicted molar refractivity (Wildman–Crippen MR) is 106 cm³/mol. The second-order valence-electron chi connectivity index (χ2n) is 6.40. The molecule has 0 aliphatic heterocycles. The standard InChI is InChI=1S/C20H23FN4O3/c1-13(2)23-18(26)9-10-22-20(28)25-16-7-3-5-14(11-16)19(27)24-17-8-4-6-15(21)12-17/h3-8,11-13H,9-10H2,1-2H3,(H,23,26)(H,24,27)(H2,22,25,28). The molecule has 0 atom stereocenters. The Kier molecular flexibility index (Phi) is 7.50. The second kappa shape index (κ2) is 10.1. The van der Waals surface area contributed by atoms with Gasteiger partial charge in [-0.25, -0.2) is 9.18 Å². The molecule has 0 bridgehead atoms. The molecule has 0 heterocycles. The van der Waals surface area contributed by atoms with Crippen LogP contribution in [-0.4, -0.2) is 30.4 Å². The minimum Gasteiger partial charge on any atom is -0.354 e. The van der Waals surface area contributed by atoms with Crippen LogP contribution in [0.3, 0.4) is 0 Å². The molecule has 8 heteroatoms. The van der Waals surface area contributed by atoms with Crippen LogP contribution in [-0.2, 0) is 4.79 Å². The second-order valence-corrected chi connectivity index (χ2v) is 6.40. The molecule has 0 aliphatic carbocycles. The summed E-state index contributed by atoms with van der Waals surface area (Å²) in [6.45, 7) is 3.90. The number of carbonyl (C=O) groups is 3. The number of anilines is 2. The monoisotopic (exact) mass is 386 g/mol. The molecular formula is C20H23FN4O3. The fourth-order valence-electron chi connectivity index (χ4n) is 2.37. The zero-order valence-corrected chi connectivity index (χ0v) is 15.7. The Bertz CT molecular complexity index is 855. The number of hydrogen-bond donors (Lipinski definition) is 4. The van der Waals surface area contributed by atoms with Crippen LogP contribution in [0.5, 0.6) is 0 Å². The van der Waals surface area contributed by atoms with Crippen molar-refractivity contribution in [2.75, 3.05) is 17.2 Å². The molecule has 0 radical (unpaired) electrons. The molecular weight excluding hydrogens is 363 g/mol. The van der Waals surface area contributed by atoms with Crippen molar-refractivity contribution >= 4 is 29.2 Å². The molecule has 4 amide bonds. The first-order chi connectivity index (χ1) is 13.3. The van der Waals surface area contributed by atoms with Crippen molar-refractivity contribution in [2.45, 2.75) is 26.3 Å². The minimum absolute atomic E-state index is 0.0441. The van der Waals surface area contributed by atoms with Gasteiger partial charge in [-0.05, 0) is 50.2 Å². The van der Waals surface area contributed by atoms with Crippen molar-refractivity contribution in [1.82, 2.24) is 10.6 Å². The van der Waals surface area contributed by atoms with Gasteiger partial charge in [0.2, 0.25) is 5.91 Å². The average molecular weight is 386 g/mol. The summed E-state index contributed by atoms with van der Waals surface area (Å²) < 4.78 is 13.2. The van der Waals surface area contributed by atoms with E-state index >= 15 is 0 Å². The lowest BCUT2D eigenvalue weighted by molar-refractivity contribution is -0.121. The van der Waals surface area contributed by atoms with Gasteiger partial charge in [-0.2, -0.15) is 0 Å². The number of hydrogen-bond acceptors (Lipinski definition) is 3. The van der Waals surface area contributed by atoms with E-state index in [-0.39, 0.29) is 24.9 Å². The van der Waals surface area contributed by atoms with Gasteiger partial charge < -0.3 is 21.3 Å². The Hall–Kier alpha value is -3.42. The molecule has 28 heavy (non-hydrogen) atoms. The van der Waals surface area contributed by atoms with E-state index in [2.05, 4.69) is 21.3 Å². The maximum atomic E-state index is 13.2. The van der Waals surface area contributed by atoms with Crippen LogP contribution in [0.4, 0.5) is 20.6 Å². The molecule has 0 spiro atoms. The van der Waals surface area contributed by atoms with Gasteiger partial charge in [-0.15, -0.1) is 0 Å². The molecule has 148 valence electrons. The van der Waals surface area contributed by atoms with E-state index in [0.717, 1.165) is 0 Å². The number of benzene rings is 2. The van der Waals surface area contributed by atoms with Crippen LogP contribution in [0.1, 0.15) is 30.6 Å². The highest BCUT2D eigenvalue weighted by molar-refractivity contribution is 6.05. The lowest BCUT2D eigenvalue weighted by Crippen LogP contribution is -2.35. The molecule has 2 aromatic rings. The summed E-state index contributed by atoms with van der Waals surface area (Å²) in [6, 6.07) is 11.4. The maximum Gasteiger partial charge on any atom is 0.319 e. The van der Waals surface area contributed by atoms with E-state index in [4.69, 9.17) is 0 Å².